The highest BCUT2D eigenvalue weighted by Crippen LogP contribution is 2.15. The van der Waals surface area contributed by atoms with E-state index in [9.17, 15) is 13.2 Å². The van der Waals surface area contributed by atoms with Gasteiger partial charge in [0.05, 0.1) is 0 Å². The summed E-state index contributed by atoms with van der Waals surface area (Å²) in [5.74, 6) is 0.496. The summed E-state index contributed by atoms with van der Waals surface area (Å²) in [4.78, 5) is 25.0. The van der Waals surface area contributed by atoms with Gasteiger partial charge in [-0.25, -0.2) is 23.1 Å². The molecule has 0 amide bonds. The van der Waals surface area contributed by atoms with E-state index in [-0.39, 0.29) is 22.1 Å². The number of pyridine rings is 3. The van der Waals surface area contributed by atoms with Crippen LogP contribution in [0, 0.1) is 6.92 Å². The van der Waals surface area contributed by atoms with Gasteiger partial charge in [0, 0.05) is 42.5 Å². The molecule has 0 aromatic carbocycles. The molecule has 152 valence electrons. The molecule has 30 heavy (non-hydrogen) atoms. The zero-order valence-corrected chi connectivity index (χ0v) is 16.8. The number of anilines is 1. The third-order valence-electron chi connectivity index (χ3n) is 4.46. The summed E-state index contributed by atoms with van der Waals surface area (Å²) in [5.41, 5.74) is 1.97. The van der Waals surface area contributed by atoms with Gasteiger partial charge in [0.2, 0.25) is 0 Å². The minimum absolute atomic E-state index is 0.0381. The van der Waals surface area contributed by atoms with Crippen LogP contribution in [0.25, 0.3) is 5.82 Å². The largest absolute Gasteiger partial charge is 0.294 e. The van der Waals surface area contributed by atoms with Crippen molar-refractivity contribution in [3.8, 4) is 5.82 Å². The van der Waals surface area contributed by atoms with E-state index in [1.165, 1.54) is 29.2 Å². The van der Waals surface area contributed by atoms with Crippen molar-refractivity contribution in [1.82, 2.24) is 24.7 Å². The Morgan fingerprint density at radius 1 is 1.03 bits per heavy atom. The van der Waals surface area contributed by atoms with Crippen molar-refractivity contribution in [3.05, 3.63) is 94.4 Å². The normalized spacial score (nSPS) is 11.4. The van der Waals surface area contributed by atoms with E-state index in [2.05, 4.69) is 24.8 Å². The minimum atomic E-state index is -3.85. The monoisotopic (exact) mass is 422 g/mol. The number of aromatic nitrogens is 5. The maximum Gasteiger partial charge on any atom is 0.276 e. The summed E-state index contributed by atoms with van der Waals surface area (Å²) in [6.45, 7) is 1.80. The van der Waals surface area contributed by atoms with Crippen molar-refractivity contribution < 1.29 is 8.42 Å². The van der Waals surface area contributed by atoms with Crippen LogP contribution in [0.4, 0.5) is 5.82 Å². The molecule has 4 heterocycles. The van der Waals surface area contributed by atoms with E-state index in [1.54, 1.807) is 37.5 Å². The Kier molecular flexibility index (Phi) is 5.15. The highest BCUT2D eigenvalue weighted by molar-refractivity contribution is 7.92. The molecule has 0 saturated carbocycles. The summed E-state index contributed by atoms with van der Waals surface area (Å²) in [6.07, 6.45) is 6.51. The van der Waals surface area contributed by atoms with Gasteiger partial charge in [-0.15, -0.1) is 0 Å². The van der Waals surface area contributed by atoms with Crippen molar-refractivity contribution in [2.45, 2.75) is 18.2 Å². The molecule has 4 aromatic rings. The number of rotatable bonds is 6. The number of nitrogens with one attached hydrogen (secondary N) is 2. The van der Waals surface area contributed by atoms with Gasteiger partial charge < -0.3 is 0 Å². The van der Waals surface area contributed by atoms with Crippen LogP contribution >= 0.6 is 0 Å². The first-order valence-electron chi connectivity index (χ1n) is 9.04. The molecule has 10 heteroatoms. The van der Waals surface area contributed by atoms with Crippen molar-refractivity contribution in [2.24, 2.45) is 0 Å². The predicted molar refractivity (Wildman–Crippen MR) is 111 cm³/mol. The molecule has 9 nitrogen and oxygen atoms in total. The topological polar surface area (TPSA) is 123 Å². The van der Waals surface area contributed by atoms with Gasteiger partial charge in [0.1, 0.15) is 10.7 Å². The van der Waals surface area contributed by atoms with Gasteiger partial charge in [0.15, 0.2) is 5.82 Å². The highest BCUT2D eigenvalue weighted by Gasteiger charge is 2.17. The molecule has 0 aliphatic rings. The molecule has 0 unspecified atom stereocenters. The molecule has 0 spiro atoms. The number of nitrogens with zero attached hydrogens (tertiary/aromatic N) is 4. The molecular weight excluding hydrogens is 404 g/mol. The second kappa shape index (κ2) is 7.91. The average molecular weight is 422 g/mol. The maximum absolute atomic E-state index is 12.9. The average Bonchev–Trinajstić information content (AvgIpc) is 3.03. The van der Waals surface area contributed by atoms with E-state index in [4.69, 9.17) is 0 Å². The van der Waals surface area contributed by atoms with Crippen molar-refractivity contribution in [1.29, 1.82) is 0 Å². The lowest BCUT2D eigenvalue weighted by Gasteiger charge is -2.07. The molecule has 0 aliphatic carbocycles. The van der Waals surface area contributed by atoms with Crippen LogP contribution in [-0.4, -0.2) is 33.2 Å². The molecule has 2 N–H and O–H groups in total. The Hall–Kier alpha value is -3.79. The SMILES string of the molecule is Cc1[nH]n(-c2ccc(S(=O)(=O)Nc3ccccn3)cn2)c(=O)c1Cc1cccnc1. The Morgan fingerprint density at radius 3 is 2.57 bits per heavy atom. The molecule has 4 aromatic heterocycles. The standard InChI is InChI=1S/C20H18N6O3S/c1-14-17(11-15-5-4-9-21-12-15)20(27)26(24-14)19-8-7-16(13-23-19)30(28,29)25-18-6-2-3-10-22-18/h2-10,12-13,24H,11H2,1H3,(H,22,25). The predicted octanol–water partition coefficient (Wildman–Crippen LogP) is 2.05. The first kappa shape index (κ1) is 19.5. The quantitative estimate of drug-likeness (QED) is 0.490. The van der Waals surface area contributed by atoms with E-state index in [0.717, 1.165) is 5.56 Å². The van der Waals surface area contributed by atoms with E-state index >= 15 is 0 Å². The fraction of sp³-hybridized carbons (Fsp3) is 0.100. The third kappa shape index (κ3) is 3.98. The number of hydrogen-bond acceptors (Lipinski definition) is 6. The molecule has 0 fully saturated rings. The van der Waals surface area contributed by atoms with Crippen LogP contribution in [0.15, 0.2) is 76.9 Å². The number of H-pyrrole nitrogens is 1. The third-order valence-corrected chi connectivity index (χ3v) is 5.80. The van der Waals surface area contributed by atoms with Gasteiger partial charge in [0.25, 0.3) is 15.6 Å². The number of hydrogen-bond donors (Lipinski definition) is 2. The summed E-state index contributed by atoms with van der Waals surface area (Å²) in [7, 11) is -3.85. The van der Waals surface area contributed by atoms with Gasteiger partial charge >= 0.3 is 0 Å². The number of aryl methyl sites for hydroxylation is 1. The smallest absolute Gasteiger partial charge is 0.276 e. The molecule has 0 radical (unpaired) electrons. The molecule has 0 aliphatic heterocycles. The van der Waals surface area contributed by atoms with E-state index in [0.29, 0.717) is 17.7 Å². The summed E-state index contributed by atoms with van der Waals surface area (Å²) in [5, 5.41) is 2.99. The van der Waals surface area contributed by atoms with Gasteiger partial charge in [-0.2, -0.15) is 0 Å². The van der Waals surface area contributed by atoms with Crippen LogP contribution < -0.4 is 10.3 Å². The zero-order chi connectivity index (χ0) is 21.1. The van der Waals surface area contributed by atoms with E-state index < -0.39 is 10.0 Å². The van der Waals surface area contributed by atoms with Crippen LogP contribution in [0.5, 0.6) is 0 Å². The maximum atomic E-state index is 12.9. The fourth-order valence-electron chi connectivity index (χ4n) is 2.94. The lowest BCUT2D eigenvalue weighted by Crippen LogP contribution is -2.19. The van der Waals surface area contributed by atoms with E-state index in [1.807, 2.05) is 12.1 Å². The number of sulfonamides is 1. The molecule has 0 bridgehead atoms. The first-order valence-corrected chi connectivity index (χ1v) is 10.5. The lowest BCUT2D eigenvalue weighted by molar-refractivity contribution is 0.600. The van der Waals surface area contributed by atoms with Gasteiger partial charge in [-0.05, 0) is 42.8 Å². The zero-order valence-electron chi connectivity index (χ0n) is 16.0. The van der Waals surface area contributed by atoms with Crippen LogP contribution in [0.1, 0.15) is 16.8 Å². The van der Waals surface area contributed by atoms with Crippen LogP contribution in [-0.2, 0) is 16.4 Å². The second-order valence-electron chi connectivity index (χ2n) is 6.57. The molecule has 0 atom stereocenters. The Labute approximate surface area is 172 Å². The Morgan fingerprint density at radius 2 is 1.90 bits per heavy atom. The van der Waals surface area contributed by atoms with Crippen molar-refractivity contribution in [2.75, 3.05) is 4.72 Å². The van der Waals surface area contributed by atoms with Crippen LogP contribution in [0.2, 0.25) is 0 Å². The van der Waals surface area contributed by atoms with Crippen molar-refractivity contribution in [3.63, 3.8) is 0 Å². The minimum Gasteiger partial charge on any atom is -0.294 e. The van der Waals surface area contributed by atoms with Gasteiger partial charge in [-0.3, -0.25) is 19.6 Å². The lowest BCUT2D eigenvalue weighted by atomic mass is 10.1. The first-order chi connectivity index (χ1) is 14.4. The molecule has 0 saturated heterocycles. The Balaban J connectivity index is 1.60. The highest BCUT2D eigenvalue weighted by atomic mass is 32.2. The fourth-order valence-corrected chi connectivity index (χ4v) is 3.89. The number of aromatic amines is 1. The van der Waals surface area contributed by atoms with Gasteiger partial charge in [-0.1, -0.05) is 12.1 Å². The molecular formula is C20H18N6O3S. The van der Waals surface area contributed by atoms with Crippen LogP contribution in [0.3, 0.4) is 0 Å². The summed E-state index contributed by atoms with van der Waals surface area (Å²) in [6, 6.07) is 11.5. The second-order valence-corrected chi connectivity index (χ2v) is 8.25. The summed E-state index contributed by atoms with van der Waals surface area (Å²) >= 11 is 0. The summed E-state index contributed by atoms with van der Waals surface area (Å²) < 4.78 is 28.7. The molecule has 4 rings (SSSR count). The Bertz CT molecular complexity index is 1310. The van der Waals surface area contributed by atoms with Crippen molar-refractivity contribution >= 4 is 15.8 Å².